The van der Waals surface area contributed by atoms with Gasteiger partial charge < -0.3 is 14.7 Å². The molecule has 1 aromatic heterocycles. The topological polar surface area (TPSA) is 103 Å². The summed E-state index contributed by atoms with van der Waals surface area (Å²) in [6.07, 6.45) is 2.48. The minimum atomic E-state index is -1.95. The van der Waals surface area contributed by atoms with Crippen LogP contribution in [0.4, 0.5) is 8.78 Å². The molecule has 10 heteroatoms. The second-order valence-corrected chi connectivity index (χ2v) is 9.06. The Kier molecular flexibility index (Phi) is 8.28. The number of halogens is 2. The van der Waals surface area contributed by atoms with Crippen molar-refractivity contribution < 1.29 is 23.4 Å². The first kappa shape index (κ1) is 26.8. The summed E-state index contributed by atoms with van der Waals surface area (Å²) in [5.41, 5.74) is -3.63. The van der Waals surface area contributed by atoms with E-state index < -0.39 is 23.3 Å². The quantitative estimate of drug-likeness (QED) is 0.425. The monoisotopic (exact) mass is 487 g/mol. The van der Waals surface area contributed by atoms with Crippen molar-refractivity contribution in [3.8, 4) is 6.07 Å². The Morgan fingerprint density at radius 2 is 2.00 bits per heavy atom. The number of piperidine rings is 1. The van der Waals surface area contributed by atoms with E-state index >= 15 is 8.78 Å². The molecule has 1 aliphatic rings. The highest BCUT2D eigenvalue weighted by atomic mass is 19.1. The number of nitrogens with zero attached hydrogens (tertiary/aromatic N) is 5. The minimum absolute atomic E-state index is 0.0218. The van der Waals surface area contributed by atoms with Gasteiger partial charge in [0, 0.05) is 43.7 Å². The third kappa shape index (κ3) is 5.23. The Bertz CT molecular complexity index is 1080. The van der Waals surface area contributed by atoms with E-state index in [9.17, 15) is 9.90 Å². The number of rotatable bonds is 9. The van der Waals surface area contributed by atoms with Crippen molar-refractivity contribution in [2.24, 2.45) is 0 Å². The summed E-state index contributed by atoms with van der Waals surface area (Å²) < 4.78 is 37.1. The molecule has 0 amide bonds. The molecular weight excluding hydrogens is 456 g/mol. The molecule has 8 nitrogen and oxygen atoms in total. The van der Waals surface area contributed by atoms with Gasteiger partial charge in [0.05, 0.1) is 12.1 Å². The van der Waals surface area contributed by atoms with E-state index in [1.807, 2.05) is 18.0 Å². The summed E-state index contributed by atoms with van der Waals surface area (Å²) in [5.74, 6) is -0.410. The molecule has 1 fully saturated rings. The van der Waals surface area contributed by atoms with E-state index in [4.69, 9.17) is 10.00 Å². The third-order valence-electron chi connectivity index (χ3n) is 6.89. The summed E-state index contributed by atoms with van der Waals surface area (Å²) in [5, 5.41) is 20.4. The van der Waals surface area contributed by atoms with Gasteiger partial charge in [-0.15, -0.1) is 0 Å². The zero-order chi connectivity index (χ0) is 25.8. The lowest BCUT2D eigenvalue weighted by Crippen LogP contribution is -2.54. The molecule has 188 valence electrons. The predicted molar refractivity (Wildman–Crippen MR) is 125 cm³/mol. The van der Waals surface area contributed by atoms with Gasteiger partial charge in [0.15, 0.2) is 6.29 Å². The van der Waals surface area contributed by atoms with Crippen LogP contribution >= 0.6 is 0 Å². The summed E-state index contributed by atoms with van der Waals surface area (Å²) in [4.78, 5) is 23.8. The van der Waals surface area contributed by atoms with Gasteiger partial charge in [-0.25, -0.2) is 18.7 Å². The molecule has 0 saturated carbocycles. The number of nitriles is 1. The highest BCUT2D eigenvalue weighted by Gasteiger charge is 2.52. The Morgan fingerprint density at radius 1 is 1.37 bits per heavy atom. The number of benzene rings is 1. The van der Waals surface area contributed by atoms with Crippen LogP contribution in [0.3, 0.4) is 0 Å². The molecular formula is C25H31F2N5O3. The molecule has 2 heterocycles. The van der Waals surface area contributed by atoms with Gasteiger partial charge in [0.1, 0.15) is 35.2 Å². The number of methoxy groups -OCH3 is 1. The van der Waals surface area contributed by atoms with Crippen LogP contribution in [0.1, 0.15) is 65.3 Å². The SMILES string of the molecule is CCC(O)(c1cc(F)c([C@@H](OC)N(C)Cc2ncc(C#N)cn2)c(C=O)c1)C1(F)CCN(C)CC1. The summed E-state index contributed by atoms with van der Waals surface area (Å²) in [7, 11) is 4.91. The number of hydrogen-bond acceptors (Lipinski definition) is 8. The van der Waals surface area contributed by atoms with Gasteiger partial charge in [0.2, 0.25) is 0 Å². The van der Waals surface area contributed by atoms with E-state index in [1.54, 1.807) is 18.9 Å². The maximum absolute atomic E-state index is 16.0. The summed E-state index contributed by atoms with van der Waals surface area (Å²) >= 11 is 0. The van der Waals surface area contributed by atoms with Crippen molar-refractivity contribution in [2.75, 3.05) is 34.3 Å². The van der Waals surface area contributed by atoms with E-state index in [0.717, 1.165) is 6.07 Å². The smallest absolute Gasteiger partial charge is 0.150 e. The number of carbonyl (C=O) groups excluding carboxylic acids is 1. The first-order chi connectivity index (χ1) is 16.6. The first-order valence-corrected chi connectivity index (χ1v) is 11.5. The fourth-order valence-electron chi connectivity index (χ4n) is 4.72. The molecule has 0 radical (unpaired) electrons. The largest absolute Gasteiger partial charge is 0.382 e. The van der Waals surface area contributed by atoms with Gasteiger partial charge in [-0.3, -0.25) is 9.69 Å². The fourth-order valence-corrected chi connectivity index (χ4v) is 4.72. The number of alkyl halides is 1. The molecule has 1 aliphatic heterocycles. The van der Waals surface area contributed by atoms with Gasteiger partial charge in [-0.2, -0.15) is 5.26 Å². The Hall–Kier alpha value is -2.84. The maximum atomic E-state index is 16.0. The van der Waals surface area contributed by atoms with Crippen molar-refractivity contribution in [1.29, 1.82) is 5.26 Å². The van der Waals surface area contributed by atoms with E-state index in [2.05, 4.69) is 9.97 Å². The number of hydrogen-bond donors (Lipinski definition) is 1. The van der Waals surface area contributed by atoms with Crippen molar-refractivity contribution in [1.82, 2.24) is 19.8 Å². The fraction of sp³-hybridized carbons (Fsp3) is 0.520. The molecule has 1 saturated heterocycles. The molecule has 35 heavy (non-hydrogen) atoms. The molecule has 1 N–H and O–H groups in total. The molecule has 3 rings (SSSR count). The Labute approximate surface area is 204 Å². The lowest BCUT2D eigenvalue weighted by atomic mass is 9.71. The third-order valence-corrected chi connectivity index (χ3v) is 6.89. The molecule has 1 unspecified atom stereocenters. The van der Waals surface area contributed by atoms with Gasteiger partial charge >= 0.3 is 0 Å². The van der Waals surface area contributed by atoms with Crippen LogP contribution in [-0.4, -0.2) is 71.1 Å². The Morgan fingerprint density at radius 3 is 2.51 bits per heavy atom. The zero-order valence-electron chi connectivity index (χ0n) is 20.5. The van der Waals surface area contributed by atoms with Crippen molar-refractivity contribution in [3.05, 3.63) is 58.4 Å². The van der Waals surface area contributed by atoms with E-state index in [-0.39, 0.29) is 42.5 Å². The van der Waals surface area contributed by atoms with Crippen LogP contribution in [0.2, 0.25) is 0 Å². The number of carbonyl (C=O) groups is 1. The standard InChI is InChI=1S/C25H31F2N5O3/c1-5-25(34,24(27)6-8-31(2)9-7-24)19-10-18(16-33)22(20(26)11-19)23(35-4)32(3)15-21-29-13-17(12-28)14-30-21/h10-11,13-14,16,23,34H,5-9,15H2,1-4H3/t23-,25?/m1/s1. The van der Waals surface area contributed by atoms with Crippen molar-refractivity contribution in [2.45, 2.75) is 50.2 Å². The summed E-state index contributed by atoms with van der Waals surface area (Å²) in [6, 6.07) is 4.39. The number of aliphatic hydroxyl groups is 1. The van der Waals surface area contributed by atoms with Crippen molar-refractivity contribution >= 4 is 6.29 Å². The van der Waals surface area contributed by atoms with Crippen LogP contribution in [0.25, 0.3) is 0 Å². The molecule has 0 spiro atoms. The highest BCUT2D eigenvalue weighted by Crippen LogP contribution is 2.46. The lowest BCUT2D eigenvalue weighted by molar-refractivity contribution is -0.136. The minimum Gasteiger partial charge on any atom is -0.382 e. The molecule has 2 atom stereocenters. The predicted octanol–water partition coefficient (Wildman–Crippen LogP) is 3.11. The van der Waals surface area contributed by atoms with Gasteiger partial charge in [0.25, 0.3) is 0 Å². The highest BCUT2D eigenvalue weighted by molar-refractivity contribution is 5.78. The van der Waals surface area contributed by atoms with Crippen LogP contribution < -0.4 is 0 Å². The number of aromatic nitrogens is 2. The van der Waals surface area contributed by atoms with Crippen LogP contribution in [0.5, 0.6) is 0 Å². The van der Waals surface area contributed by atoms with Crippen molar-refractivity contribution in [3.63, 3.8) is 0 Å². The average Bonchev–Trinajstić information content (AvgIpc) is 2.86. The van der Waals surface area contributed by atoms with Crippen LogP contribution in [0, 0.1) is 17.1 Å². The second kappa shape index (κ2) is 10.8. The second-order valence-electron chi connectivity index (χ2n) is 9.06. The zero-order valence-corrected chi connectivity index (χ0v) is 20.5. The average molecular weight is 488 g/mol. The van der Waals surface area contributed by atoms with E-state index in [1.165, 1.54) is 25.6 Å². The lowest BCUT2D eigenvalue weighted by Gasteiger charge is -2.46. The molecule has 2 aromatic rings. The number of likely N-dealkylation sites (tertiary alicyclic amines) is 1. The normalized spacial score (nSPS) is 18.6. The molecule has 0 aliphatic carbocycles. The number of ether oxygens (including phenoxy) is 1. The van der Waals surface area contributed by atoms with E-state index in [0.29, 0.717) is 30.8 Å². The summed E-state index contributed by atoms with van der Waals surface area (Å²) in [6.45, 7) is 2.72. The van der Waals surface area contributed by atoms with Gasteiger partial charge in [-0.1, -0.05) is 6.92 Å². The molecule has 0 bridgehead atoms. The van der Waals surface area contributed by atoms with Crippen LogP contribution in [-0.2, 0) is 16.9 Å². The maximum Gasteiger partial charge on any atom is 0.150 e. The Balaban J connectivity index is 1.97. The molecule has 1 aromatic carbocycles. The number of aldehydes is 1. The van der Waals surface area contributed by atoms with Gasteiger partial charge in [-0.05, 0) is 51.1 Å². The van der Waals surface area contributed by atoms with Crippen LogP contribution in [0.15, 0.2) is 24.5 Å². The first-order valence-electron chi connectivity index (χ1n) is 11.5.